The Hall–Kier alpha value is -3.58. The van der Waals surface area contributed by atoms with Crippen LogP contribution in [0.5, 0.6) is 17.2 Å². The van der Waals surface area contributed by atoms with E-state index in [-0.39, 0.29) is 18.7 Å². The van der Waals surface area contributed by atoms with Crippen molar-refractivity contribution in [3.05, 3.63) is 53.2 Å². The van der Waals surface area contributed by atoms with Crippen molar-refractivity contribution in [2.24, 2.45) is 0 Å². The van der Waals surface area contributed by atoms with E-state index in [0.29, 0.717) is 51.0 Å². The van der Waals surface area contributed by atoms with Gasteiger partial charge < -0.3 is 30.1 Å². The molecule has 37 heavy (non-hydrogen) atoms. The molecule has 2 heterocycles. The van der Waals surface area contributed by atoms with Crippen LogP contribution in [0.4, 0.5) is 10.5 Å². The second-order valence-electron chi connectivity index (χ2n) is 9.38. The van der Waals surface area contributed by atoms with Gasteiger partial charge in [-0.3, -0.25) is 4.98 Å². The van der Waals surface area contributed by atoms with Crippen LogP contribution in [0.3, 0.4) is 0 Å². The number of aliphatic hydroxyl groups is 1. The number of pyridine rings is 1. The number of amides is 2. The first-order chi connectivity index (χ1) is 18.0. The maximum atomic E-state index is 12.2. The van der Waals surface area contributed by atoms with Crippen molar-refractivity contribution in [3.63, 3.8) is 0 Å². The molecule has 2 fully saturated rings. The van der Waals surface area contributed by atoms with Gasteiger partial charge in [0.05, 0.1) is 21.8 Å². The minimum absolute atomic E-state index is 0.0851. The number of rotatable bonds is 9. The van der Waals surface area contributed by atoms with E-state index < -0.39 is 6.10 Å². The van der Waals surface area contributed by atoms with Gasteiger partial charge in [0.15, 0.2) is 0 Å². The number of aromatic nitrogens is 1. The summed E-state index contributed by atoms with van der Waals surface area (Å²) in [6, 6.07) is 12.1. The van der Waals surface area contributed by atoms with E-state index in [2.05, 4.69) is 26.6 Å². The van der Waals surface area contributed by atoms with E-state index in [9.17, 15) is 15.2 Å². The summed E-state index contributed by atoms with van der Waals surface area (Å²) in [5.41, 5.74) is 1.32. The lowest BCUT2D eigenvalue weighted by Crippen LogP contribution is -2.33. The van der Waals surface area contributed by atoms with E-state index in [4.69, 9.17) is 21.1 Å². The predicted octanol–water partition coefficient (Wildman–Crippen LogP) is 4.67. The highest BCUT2D eigenvalue weighted by Gasteiger charge is 2.23. The highest BCUT2D eigenvalue weighted by atomic mass is 35.5. The second kappa shape index (κ2) is 11.2. The van der Waals surface area contributed by atoms with Crippen molar-refractivity contribution in [2.75, 3.05) is 31.6 Å². The summed E-state index contributed by atoms with van der Waals surface area (Å²) in [5, 5.41) is 26.8. The number of nitriles is 1. The smallest absolute Gasteiger partial charge is 0.319 e. The summed E-state index contributed by atoms with van der Waals surface area (Å²) in [4.78, 5) is 18.8. The van der Waals surface area contributed by atoms with Crippen LogP contribution in [0.15, 0.2) is 42.6 Å². The zero-order valence-corrected chi connectivity index (χ0v) is 21.0. The molecule has 2 amide bonds. The number of ether oxygens (including phenoxy) is 2. The van der Waals surface area contributed by atoms with Crippen molar-refractivity contribution in [1.82, 2.24) is 15.2 Å². The highest BCUT2D eigenvalue weighted by Crippen LogP contribution is 2.35. The molecule has 3 N–H and O–H groups in total. The number of carbonyl (C=O) groups excluding carboxylic acids is 1. The summed E-state index contributed by atoms with van der Waals surface area (Å²) in [6.45, 7) is 2.61. The average molecular weight is 522 g/mol. The van der Waals surface area contributed by atoms with Crippen molar-refractivity contribution < 1.29 is 19.4 Å². The fourth-order valence-corrected chi connectivity index (χ4v) is 4.47. The molecule has 1 atom stereocenters. The van der Waals surface area contributed by atoms with Crippen LogP contribution in [0.1, 0.15) is 31.2 Å². The monoisotopic (exact) mass is 521 g/mol. The second-order valence-corrected chi connectivity index (χ2v) is 9.78. The zero-order valence-electron chi connectivity index (χ0n) is 20.2. The van der Waals surface area contributed by atoms with Crippen LogP contribution in [-0.2, 0) is 0 Å². The molecule has 1 aliphatic heterocycles. The molecule has 2 aromatic carbocycles. The number of nitrogens with one attached hydrogen (secondary N) is 2. The van der Waals surface area contributed by atoms with Gasteiger partial charge in [0, 0.05) is 36.3 Å². The van der Waals surface area contributed by atoms with Crippen LogP contribution >= 0.6 is 11.6 Å². The number of hydrogen-bond donors (Lipinski definition) is 3. The topological polar surface area (TPSA) is 120 Å². The number of fused-ring (bicyclic) bond motifs is 1. The standard InChI is InChI=1S/C27H28ClN5O4/c28-22-6-5-20(12-24(22)32-27(35)31-18-3-4-18)37-25-7-8-30-23-13-26(17(14-29)11-21(23)25)36-16-19(34)15-33-9-1-2-10-33/h5-8,11-13,18-19,34H,1-4,9-10,15-16H2,(H2,31,32,35)/t19-/m1/s1. The number of halogens is 1. The van der Waals surface area contributed by atoms with Crippen molar-refractivity contribution in [3.8, 4) is 23.3 Å². The zero-order chi connectivity index (χ0) is 25.8. The molecule has 0 radical (unpaired) electrons. The first-order valence-corrected chi connectivity index (χ1v) is 12.8. The summed E-state index contributed by atoms with van der Waals surface area (Å²) in [6.07, 6.45) is 5.22. The summed E-state index contributed by atoms with van der Waals surface area (Å²) in [5.74, 6) is 1.31. The molecule has 1 saturated carbocycles. The minimum Gasteiger partial charge on any atom is -0.489 e. The number of carbonyl (C=O) groups is 1. The van der Waals surface area contributed by atoms with Gasteiger partial charge in [-0.05, 0) is 63.0 Å². The number of β-amino-alcohol motifs (C(OH)–C–C–N with tert-alkyl or cyclic N) is 1. The summed E-state index contributed by atoms with van der Waals surface area (Å²) < 4.78 is 11.9. The SMILES string of the molecule is N#Cc1cc2c(Oc3ccc(Cl)c(NC(=O)NC4CC4)c3)ccnc2cc1OC[C@H](O)CN1CCCC1. The molecule has 3 aromatic rings. The third-order valence-electron chi connectivity index (χ3n) is 6.35. The molecule has 192 valence electrons. The van der Waals surface area contributed by atoms with Gasteiger partial charge in [-0.1, -0.05) is 11.6 Å². The van der Waals surface area contributed by atoms with Crippen LogP contribution < -0.4 is 20.1 Å². The number of hydrogen-bond acceptors (Lipinski definition) is 7. The molecular formula is C27H28ClN5O4. The van der Waals surface area contributed by atoms with Crippen molar-refractivity contribution in [1.29, 1.82) is 5.26 Å². The Balaban J connectivity index is 1.32. The number of benzene rings is 2. The first-order valence-electron chi connectivity index (χ1n) is 12.4. The fraction of sp³-hybridized carbons (Fsp3) is 0.370. The van der Waals surface area contributed by atoms with Crippen LogP contribution in [-0.4, -0.2) is 59.4 Å². The van der Waals surface area contributed by atoms with E-state index in [1.165, 1.54) is 0 Å². The quantitative estimate of drug-likeness (QED) is 0.374. The summed E-state index contributed by atoms with van der Waals surface area (Å²) >= 11 is 6.27. The average Bonchev–Trinajstić information content (AvgIpc) is 3.55. The normalized spacial score (nSPS) is 16.2. The molecule has 1 aliphatic carbocycles. The molecule has 0 unspecified atom stereocenters. The molecule has 0 bridgehead atoms. The third kappa shape index (κ3) is 6.41. The Morgan fingerprint density at radius 3 is 2.78 bits per heavy atom. The number of urea groups is 1. The van der Waals surface area contributed by atoms with Crippen LogP contribution in [0.2, 0.25) is 5.02 Å². The van der Waals surface area contributed by atoms with E-state index >= 15 is 0 Å². The lowest BCUT2D eigenvalue weighted by Gasteiger charge is -2.20. The Labute approximate surface area is 219 Å². The lowest BCUT2D eigenvalue weighted by molar-refractivity contribution is 0.0758. The lowest BCUT2D eigenvalue weighted by atomic mass is 10.1. The number of nitrogens with zero attached hydrogens (tertiary/aromatic N) is 3. The van der Waals surface area contributed by atoms with Crippen molar-refractivity contribution in [2.45, 2.75) is 37.8 Å². The Morgan fingerprint density at radius 1 is 1.22 bits per heavy atom. The summed E-state index contributed by atoms with van der Waals surface area (Å²) in [7, 11) is 0. The number of anilines is 1. The highest BCUT2D eigenvalue weighted by molar-refractivity contribution is 6.33. The molecule has 9 nitrogen and oxygen atoms in total. The van der Waals surface area contributed by atoms with Gasteiger partial charge in [-0.2, -0.15) is 5.26 Å². The van der Waals surface area contributed by atoms with Gasteiger partial charge in [0.2, 0.25) is 0 Å². The largest absolute Gasteiger partial charge is 0.489 e. The third-order valence-corrected chi connectivity index (χ3v) is 6.68. The molecule has 1 saturated heterocycles. The molecule has 2 aliphatic rings. The van der Waals surface area contributed by atoms with Gasteiger partial charge in [0.25, 0.3) is 0 Å². The van der Waals surface area contributed by atoms with E-state index in [1.807, 2.05) is 0 Å². The van der Waals surface area contributed by atoms with E-state index in [0.717, 1.165) is 38.8 Å². The first kappa shape index (κ1) is 25.1. The van der Waals surface area contributed by atoms with Gasteiger partial charge >= 0.3 is 6.03 Å². The van der Waals surface area contributed by atoms with Crippen molar-refractivity contribution >= 4 is 34.2 Å². The maximum absolute atomic E-state index is 12.2. The molecule has 0 spiro atoms. The van der Waals surface area contributed by atoms with Crippen LogP contribution in [0.25, 0.3) is 10.9 Å². The Bertz CT molecular complexity index is 1330. The number of aliphatic hydroxyl groups excluding tert-OH is 1. The number of likely N-dealkylation sites (tertiary alicyclic amines) is 1. The fourth-order valence-electron chi connectivity index (χ4n) is 4.31. The van der Waals surface area contributed by atoms with E-state index in [1.54, 1.807) is 42.6 Å². The predicted molar refractivity (Wildman–Crippen MR) is 140 cm³/mol. The molecule has 5 rings (SSSR count). The Morgan fingerprint density at radius 2 is 2.03 bits per heavy atom. The van der Waals surface area contributed by atoms with Gasteiger partial charge in [-0.25, -0.2) is 4.79 Å². The van der Waals surface area contributed by atoms with Crippen LogP contribution in [0, 0.1) is 11.3 Å². The minimum atomic E-state index is -0.651. The molecular weight excluding hydrogens is 494 g/mol. The van der Waals surface area contributed by atoms with Gasteiger partial charge in [-0.15, -0.1) is 0 Å². The molecule has 1 aromatic heterocycles. The maximum Gasteiger partial charge on any atom is 0.319 e. The van der Waals surface area contributed by atoms with Gasteiger partial charge in [0.1, 0.15) is 36.0 Å². The Kier molecular flexibility index (Phi) is 7.60. The molecule has 10 heteroatoms.